The predicted octanol–water partition coefficient (Wildman–Crippen LogP) is 2.01. The zero-order valence-corrected chi connectivity index (χ0v) is 12.0. The summed E-state index contributed by atoms with van der Waals surface area (Å²) in [5.74, 6) is 0. The Morgan fingerprint density at radius 3 is 2.75 bits per heavy atom. The molecular formula is C16H23N3O. The van der Waals surface area contributed by atoms with Crippen molar-refractivity contribution in [2.45, 2.75) is 26.3 Å². The van der Waals surface area contributed by atoms with Crippen molar-refractivity contribution in [1.29, 1.82) is 0 Å². The van der Waals surface area contributed by atoms with Crippen LogP contribution in [0.4, 0.5) is 0 Å². The van der Waals surface area contributed by atoms with Gasteiger partial charge in [0.15, 0.2) is 0 Å². The first-order valence-electron chi connectivity index (χ1n) is 7.33. The zero-order chi connectivity index (χ0) is 14.2. The topological polar surface area (TPSA) is 56.9 Å². The van der Waals surface area contributed by atoms with Crippen LogP contribution in [0, 0.1) is 0 Å². The van der Waals surface area contributed by atoms with Crippen LogP contribution in [0.15, 0.2) is 35.1 Å². The van der Waals surface area contributed by atoms with Gasteiger partial charge in [-0.2, -0.15) is 0 Å². The summed E-state index contributed by atoms with van der Waals surface area (Å²) in [4.78, 5) is 14.5. The first-order valence-corrected chi connectivity index (χ1v) is 7.33. The minimum absolute atomic E-state index is 0.0369. The van der Waals surface area contributed by atoms with Gasteiger partial charge in [-0.25, -0.2) is 0 Å². The fourth-order valence-electron chi connectivity index (χ4n) is 2.29. The van der Waals surface area contributed by atoms with Crippen LogP contribution >= 0.6 is 0 Å². The number of nitrogens with one attached hydrogen (secondary N) is 3. The fraction of sp³-hybridized carbons (Fsp3) is 0.438. The number of para-hydroxylation sites is 1. The third-order valence-electron chi connectivity index (χ3n) is 3.29. The lowest BCUT2D eigenvalue weighted by atomic mass is 10.1. The molecule has 0 bridgehead atoms. The van der Waals surface area contributed by atoms with E-state index in [1.807, 2.05) is 24.3 Å². The summed E-state index contributed by atoms with van der Waals surface area (Å²) in [6.07, 6.45) is 2.27. The maximum Gasteiger partial charge on any atom is 0.248 e. The molecule has 1 heterocycles. The molecule has 0 spiro atoms. The largest absolute Gasteiger partial charge is 0.322 e. The standard InChI is InChI=1S/C16H23N3O/c1-2-8-17-9-5-10-18-12-13-11-16(20)19-15-7-4-3-6-14(13)15/h3-4,6-7,11,17-18H,2,5,8-10,12H2,1H3,(H,19,20). The quantitative estimate of drug-likeness (QED) is 0.645. The van der Waals surface area contributed by atoms with E-state index >= 15 is 0 Å². The molecule has 0 aliphatic rings. The summed E-state index contributed by atoms with van der Waals surface area (Å²) in [7, 11) is 0. The van der Waals surface area contributed by atoms with E-state index in [2.05, 4.69) is 22.5 Å². The number of aromatic amines is 1. The highest BCUT2D eigenvalue weighted by atomic mass is 16.1. The molecule has 0 atom stereocenters. The minimum Gasteiger partial charge on any atom is -0.322 e. The van der Waals surface area contributed by atoms with Crippen molar-refractivity contribution in [2.24, 2.45) is 0 Å². The molecule has 4 nitrogen and oxygen atoms in total. The normalized spacial score (nSPS) is 11.1. The van der Waals surface area contributed by atoms with E-state index in [0.29, 0.717) is 0 Å². The number of benzene rings is 1. The molecule has 4 heteroatoms. The Hall–Kier alpha value is -1.65. The number of H-pyrrole nitrogens is 1. The van der Waals surface area contributed by atoms with Crippen molar-refractivity contribution in [3.05, 3.63) is 46.2 Å². The van der Waals surface area contributed by atoms with Crippen molar-refractivity contribution in [1.82, 2.24) is 15.6 Å². The Morgan fingerprint density at radius 2 is 1.90 bits per heavy atom. The van der Waals surface area contributed by atoms with E-state index in [1.54, 1.807) is 6.07 Å². The molecule has 0 fully saturated rings. The van der Waals surface area contributed by atoms with Gasteiger partial charge >= 0.3 is 0 Å². The minimum atomic E-state index is -0.0369. The highest BCUT2D eigenvalue weighted by Crippen LogP contribution is 2.13. The summed E-state index contributed by atoms with van der Waals surface area (Å²) in [5.41, 5.74) is 1.93. The molecule has 2 rings (SSSR count). The van der Waals surface area contributed by atoms with Crippen LogP contribution in [-0.2, 0) is 6.54 Å². The molecule has 1 aromatic carbocycles. The molecule has 20 heavy (non-hydrogen) atoms. The lowest BCUT2D eigenvalue weighted by Crippen LogP contribution is -2.22. The Bertz CT molecular complexity index is 592. The molecule has 1 aromatic heterocycles. The van der Waals surface area contributed by atoms with Gasteiger partial charge in [-0.15, -0.1) is 0 Å². The Balaban J connectivity index is 1.88. The lowest BCUT2D eigenvalue weighted by molar-refractivity contribution is 0.593. The predicted molar refractivity (Wildman–Crippen MR) is 84.1 cm³/mol. The number of pyridine rings is 1. The number of aromatic nitrogens is 1. The second kappa shape index (κ2) is 7.82. The Morgan fingerprint density at radius 1 is 1.10 bits per heavy atom. The van der Waals surface area contributed by atoms with E-state index in [1.165, 1.54) is 6.42 Å². The van der Waals surface area contributed by atoms with Crippen molar-refractivity contribution >= 4 is 10.9 Å². The van der Waals surface area contributed by atoms with Crippen molar-refractivity contribution in [3.63, 3.8) is 0 Å². The summed E-state index contributed by atoms with van der Waals surface area (Å²) >= 11 is 0. The molecule has 0 aliphatic heterocycles. The zero-order valence-electron chi connectivity index (χ0n) is 12.0. The van der Waals surface area contributed by atoms with Crippen LogP contribution in [0.1, 0.15) is 25.3 Å². The average molecular weight is 273 g/mol. The van der Waals surface area contributed by atoms with Gasteiger partial charge in [0.05, 0.1) is 0 Å². The maximum absolute atomic E-state index is 11.6. The molecule has 3 N–H and O–H groups in total. The highest BCUT2D eigenvalue weighted by Gasteiger charge is 2.02. The molecule has 0 unspecified atom stereocenters. The second-order valence-corrected chi connectivity index (χ2v) is 4.98. The Labute approximate surface area is 119 Å². The van der Waals surface area contributed by atoms with E-state index in [9.17, 15) is 4.79 Å². The third kappa shape index (κ3) is 4.18. The van der Waals surface area contributed by atoms with E-state index in [-0.39, 0.29) is 5.56 Å². The van der Waals surface area contributed by atoms with E-state index in [0.717, 1.165) is 49.1 Å². The molecule has 0 aliphatic carbocycles. The molecule has 0 radical (unpaired) electrons. The summed E-state index contributed by atoms with van der Waals surface area (Å²) in [6, 6.07) is 9.61. The first kappa shape index (κ1) is 14.8. The van der Waals surface area contributed by atoms with E-state index < -0.39 is 0 Å². The molecule has 0 saturated heterocycles. The van der Waals surface area contributed by atoms with Crippen LogP contribution < -0.4 is 16.2 Å². The van der Waals surface area contributed by atoms with Crippen molar-refractivity contribution in [2.75, 3.05) is 19.6 Å². The third-order valence-corrected chi connectivity index (χ3v) is 3.29. The SMILES string of the molecule is CCCNCCCNCc1cc(=O)[nH]c2ccccc12. The molecule has 0 saturated carbocycles. The van der Waals surface area contributed by atoms with Crippen molar-refractivity contribution in [3.8, 4) is 0 Å². The summed E-state index contributed by atoms with van der Waals surface area (Å²) in [6.45, 7) is 5.98. The smallest absolute Gasteiger partial charge is 0.248 e. The Kier molecular flexibility index (Phi) is 5.77. The van der Waals surface area contributed by atoms with E-state index in [4.69, 9.17) is 0 Å². The van der Waals surface area contributed by atoms with Crippen LogP contribution in [-0.4, -0.2) is 24.6 Å². The molecule has 0 amide bonds. The van der Waals surface area contributed by atoms with Gasteiger partial charge in [-0.05, 0) is 44.1 Å². The second-order valence-electron chi connectivity index (χ2n) is 4.98. The van der Waals surface area contributed by atoms with Gasteiger partial charge in [0.2, 0.25) is 5.56 Å². The number of rotatable bonds is 8. The maximum atomic E-state index is 11.6. The van der Waals surface area contributed by atoms with Crippen LogP contribution in [0.5, 0.6) is 0 Å². The van der Waals surface area contributed by atoms with Gasteiger partial charge in [-0.1, -0.05) is 25.1 Å². The van der Waals surface area contributed by atoms with Crippen LogP contribution in [0.2, 0.25) is 0 Å². The highest BCUT2D eigenvalue weighted by molar-refractivity contribution is 5.81. The first-order chi connectivity index (χ1) is 9.81. The number of hydrogen-bond donors (Lipinski definition) is 3. The summed E-state index contributed by atoms with van der Waals surface area (Å²) in [5, 5.41) is 7.90. The van der Waals surface area contributed by atoms with Gasteiger partial charge < -0.3 is 15.6 Å². The average Bonchev–Trinajstić information content (AvgIpc) is 2.46. The van der Waals surface area contributed by atoms with Gasteiger partial charge in [0.1, 0.15) is 0 Å². The molecular weight excluding hydrogens is 250 g/mol. The monoisotopic (exact) mass is 273 g/mol. The fourth-order valence-corrected chi connectivity index (χ4v) is 2.29. The molecule has 2 aromatic rings. The van der Waals surface area contributed by atoms with Crippen LogP contribution in [0.25, 0.3) is 10.9 Å². The summed E-state index contributed by atoms with van der Waals surface area (Å²) < 4.78 is 0. The lowest BCUT2D eigenvalue weighted by Gasteiger charge is -2.08. The number of hydrogen-bond acceptors (Lipinski definition) is 3. The van der Waals surface area contributed by atoms with Gasteiger partial charge in [0.25, 0.3) is 0 Å². The number of fused-ring (bicyclic) bond motifs is 1. The molecule has 108 valence electrons. The van der Waals surface area contributed by atoms with Gasteiger partial charge in [0, 0.05) is 23.5 Å². The van der Waals surface area contributed by atoms with Crippen LogP contribution in [0.3, 0.4) is 0 Å². The van der Waals surface area contributed by atoms with Gasteiger partial charge in [-0.3, -0.25) is 4.79 Å². The van der Waals surface area contributed by atoms with Crippen molar-refractivity contribution < 1.29 is 0 Å².